The lowest BCUT2D eigenvalue weighted by atomic mass is 10.2. The summed E-state index contributed by atoms with van der Waals surface area (Å²) in [6.45, 7) is 3.93. The van der Waals surface area contributed by atoms with E-state index in [4.69, 9.17) is 16.3 Å². The minimum Gasteiger partial charge on any atom is -0.491 e. The van der Waals surface area contributed by atoms with Crippen molar-refractivity contribution in [1.29, 1.82) is 0 Å². The summed E-state index contributed by atoms with van der Waals surface area (Å²) in [6, 6.07) is 7.52. The molecular formula is C15H17ClN4O2. The van der Waals surface area contributed by atoms with E-state index in [1.807, 2.05) is 38.1 Å². The number of aromatic nitrogens is 2. The van der Waals surface area contributed by atoms with E-state index in [1.165, 1.54) is 13.2 Å². The van der Waals surface area contributed by atoms with Crippen LogP contribution in [0.25, 0.3) is 0 Å². The van der Waals surface area contributed by atoms with Gasteiger partial charge in [0, 0.05) is 7.05 Å². The van der Waals surface area contributed by atoms with Gasteiger partial charge in [-0.2, -0.15) is 10.2 Å². The lowest BCUT2D eigenvalue weighted by molar-refractivity contribution is 0.242. The first-order valence-electron chi connectivity index (χ1n) is 6.75. The first-order chi connectivity index (χ1) is 10.5. The second-order valence-electron chi connectivity index (χ2n) is 4.91. The monoisotopic (exact) mass is 320 g/mol. The Labute approximate surface area is 133 Å². The highest BCUT2D eigenvalue weighted by Crippen LogP contribution is 2.16. The predicted molar refractivity (Wildman–Crippen MR) is 87.9 cm³/mol. The fraction of sp³-hybridized carbons (Fsp3) is 0.267. The standard InChI is InChI=1S/C15H17ClN4O2/c1-10(2)22-12-6-4-5-11(7-12)8-17-19-13-9-18-20(3)15(21)14(13)16/h4-10,19H,1-3H3/b17-8-. The third-order valence-electron chi connectivity index (χ3n) is 2.71. The van der Waals surface area contributed by atoms with Gasteiger partial charge in [0.1, 0.15) is 16.5 Å². The smallest absolute Gasteiger partial charge is 0.287 e. The molecule has 0 bridgehead atoms. The lowest BCUT2D eigenvalue weighted by Gasteiger charge is -2.09. The van der Waals surface area contributed by atoms with E-state index in [-0.39, 0.29) is 16.7 Å². The van der Waals surface area contributed by atoms with Crippen LogP contribution in [-0.2, 0) is 7.05 Å². The van der Waals surface area contributed by atoms with Crippen LogP contribution in [-0.4, -0.2) is 22.1 Å². The molecule has 1 aromatic heterocycles. The van der Waals surface area contributed by atoms with E-state index in [0.29, 0.717) is 5.69 Å². The third-order valence-corrected chi connectivity index (χ3v) is 3.07. The highest BCUT2D eigenvalue weighted by Gasteiger charge is 2.05. The number of ether oxygens (including phenoxy) is 1. The van der Waals surface area contributed by atoms with Crippen molar-refractivity contribution in [3.05, 3.63) is 51.4 Å². The van der Waals surface area contributed by atoms with Crippen molar-refractivity contribution in [2.75, 3.05) is 5.43 Å². The van der Waals surface area contributed by atoms with Crippen LogP contribution in [0.5, 0.6) is 5.75 Å². The Morgan fingerprint density at radius 1 is 1.45 bits per heavy atom. The number of nitrogens with zero attached hydrogens (tertiary/aromatic N) is 3. The van der Waals surface area contributed by atoms with Crippen molar-refractivity contribution in [2.24, 2.45) is 12.1 Å². The maximum Gasteiger partial charge on any atom is 0.287 e. The number of rotatable bonds is 5. The number of nitrogens with one attached hydrogen (secondary N) is 1. The van der Waals surface area contributed by atoms with E-state index < -0.39 is 0 Å². The molecule has 0 saturated heterocycles. The molecule has 0 radical (unpaired) electrons. The summed E-state index contributed by atoms with van der Waals surface area (Å²) in [7, 11) is 1.53. The molecule has 0 atom stereocenters. The fourth-order valence-corrected chi connectivity index (χ4v) is 1.92. The zero-order chi connectivity index (χ0) is 16.1. The van der Waals surface area contributed by atoms with Crippen molar-refractivity contribution in [2.45, 2.75) is 20.0 Å². The van der Waals surface area contributed by atoms with Crippen LogP contribution >= 0.6 is 11.6 Å². The van der Waals surface area contributed by atoms with Crippen LogP contribution in [0.3, 0.4) is 0 Å². The van der Waals surface area contributed by atoms with Crippen LogP contribution in [0.15, 0.2) is 40.4 Å². The average Bonchev–Trinajstić information content (AvgIpc) is 2.47. The second kappa shape index (κ2) is 7.09. The zero-order valence-corrected chi connectivity index (χ0v) is 13.3. The average molecular weight is 321 g/mol. The first kappa shape index (κ1) is 16.0. The van der Waals surface area contributed by atoms with Gasteiger partial charge in [-0.3, -0.25) is 10.2 Å². The maximum atomic E-state index is 11.6. The lowest BCUT2D eigenvalue weighted by Crippen LogP contribution is -2.20. The van der Waals surface area contributed by atoms with E-state index in [0.717, 1.165) is 16.0 Å². The Morgan fingerprint density at radius 2 is 2.23 bits per heavy atom. The van der Waals surface area contributed by atoms with E-state index in [1.54, 1.807) is 6.21 Å². The summed E-state index contributed by atoms with van der Waals surface area (Å²) in [5.41, 5.74) is 3.55. The van der Waals surface area contributed by atoms with Crippen LogP contribution < -0.4 is 15.7 Å². The van der Waals surface area contributed by atoms with Gasteiger partial charge in [-0.05, 0) is 31.5 Å². The van der Waals surface area contributed by atoms with Crippen LogP contribution in [0, 0.1) is 0 Å². The SMILES string of the molecule is CC(C)Oc1cccc(/C=N\Nc2cnn(C)c(=O)c2Cl)c1. The molecule has 116 valence electrons. The number of halogens is 1. The summed E-state index contributed by atoms with van der Waals surface area (Å²) >= 11 is 5.93. The minimum absolute atomic E-state index is 0.0477. The minimum atomic E-state index is -0.380. The van der Waals surface area contributed by atoms with Crippen molar-refractivity contribution in [3.8, 4) is 5.75 Å². The number of aryl methyl sites for hydroxylation is 1. The van der Waals surface area contributed by atoms with E-state index in [9.17, 15) is 4.79 Å². The van der Waals surface area contributed by atoms with Crippen LogP contribution in [0.4, 0.5) is 5.69 Å². The Kier molecular flexibility index (Phi) is 5.16. The van der Waals surface area contributed by atoms with Gasteiger partial charge >= 0.3 is 0 Å². The van der Waals surface area contributed by atoms with Gasteiger partial charge in [0.25, 0.3) is 5.56 Å². The number of hydrogen-bond acceptors (Lipinski definition) is 5. The van der Waals surface area contributed by atoms with Crippen molar-refractivity contribution >= 4 is 23.5 Å². The number of hydrogen-bond donors (Lipinski definition) is 1. The summed E-state index contributed by atoms with van der Waals surface area (Å²) in [5.74, 6) is 0.771. The molecule has 2 aromatic rings. The Hall–Kier alpha value is -2.34. The molecule has 7 heteroatoms. The molecule has 0 aliphatic carbocycles. The van der Waals surface area contributed by atoms with Gasteiger partial charge < -0.3 is 4.74 Å². The molecule has 6 nitrogen and oxygen atoms in total. The topological polar surface area (TPSA) is 68.5 Å². The maximum absolute atomic E-state index is 11.6. The van der Waals surface area contributed by atoms with Gasteiger partial charge in [0.2, 0.25) is 0 Å². The highest BCUT2D eigenvalue weighted by atomic mass is 35.5. The first-order valence-corrected chi connectivity index (χ1v) is 7.13. The molecule has 2 rings (SSSR count). The second-order valence-corrected chi connectivity index (χ2v) is 5.29. The predicted octanol–water partition coefficient (Wildman–Crippen LogP) is 2.67. The Morgan fingerprint density at radius 3 is 2.95 bits per heavy atom. The highest BCUT2D eigenvalue weighted by molar-refractivity contribution is 6.32. The summed E-state index contributed by atoms with van der Waals surface area (Å²) in [4.78, 5) is 11.6. The van der Waals surface area contributed by atoms with Crippen molar-refractivity contribution < 1.29 is 4.74 Å². The van der Waals surface area contributed by atoms with Gasteiger partial charge in [0.05, 0.1) is 18.5 Å². The van der Waals surface area contributed by atoms with Gasteiger partial charge in [-0.1, -0.05) is 23.7 Å². The van der Waals surface area contributed by atoms with Gasteiger partial charge in [-0.25, -0.2) is 4.68 Å². The van der Waals surface area contributed by atoms with Crippen molar-refractivity contribution in [1.82, 2.24) is 9.78 Å². The molecule has 22 heavy (non-hydrogen) atoms. The number of benzene rings is 1. The summed E-state index contributed by atoms with van der Waals surface area (Å²) in [5, 5.41) is 7.98. The van der Waals surface area contributed by atoms with Crippen LogP contribution in [0.2, 0.25) is 5.02 Å². The third kappa shape index (κ3) is 4.08. The Balaban J connectivity index is 2.10. The molecule has 0 aliphatic heterocycles. The summed E-state index contributed by atoms with van der Waals surface area (Å²) in [6.07, 6.45) is 3.16. The molecule has 0 spiro atoms. The molecule has 0 aliphatic rings. The zero-order valence-electron chi connectivity index (χ0n) is 12.6. The van der Waals surface area contributed by atoms with Gasteiger partial charge in [0.15, 0.2) is 0 Å². The molecule has 0 amide bonds. The Bertz CT molecular complexity index is 741. The number of hydrazone groups is 1. The molecule has 0 unspecified atom stereocenters. The fourth-order valence-electron chi connectivity index (χ4n) is 1.71. The molecule has 1 aromatic carbocycles. The molecule has 0 fully saturated rings. The number of anilines is 1. The molecule has 0 saturated carbocycles. The van der Waals surface area contributed by atoms with E-state index in [2.05, 4.69) is 15.6 Å². The normalized spacial score (nSPS) is 11.1. The largest absolute Gasteiger partial charge is 0.491 e. The van der Waals surface area contributed by atoms with E-state index >= 15 is 0 Å². The summed E-state index contributed by atoms with van der Waals surface area (Å²) < 4.78 is 6.77. The van der Waals surface area contributed by atoms with Crippen LogP contribution in [0.1, 0.15) is 19.4 Å². The quantitative estimate of drug-likeness (QED) is 0.679. The molecule has 1 heterocycles. The van der Waals surface area contributed by atoms with Gasteiger partial charge in [-0.15, -0.1) is 0 Å². The molecular weight excluding hydrogens is 304 g/mol. The van der Waals surface area contributed by atoms with Crippen molar-refractivity contribution in [3.63, 3.8) is 0 Å². The molecule has 1 N–H and O–H groups in total.